The van der Waals surface area contributed by atoms with E-state index in [-0.39, 0.29) is 0 Å². The number of ether oxygens (including phenoxy) is 1. The van der Waals surface area contributed by atoms with E-state index < -0.39 is 0 Å². The molecular weight excluding hydrogens is 222 g/mol. The van der Waals surface area contributed by atoms with Crippen LogP contribution in [0.25, 0.3) is 0 Å². The number of pyridine rings is 1. The standard InChI is InChI=1S/C11H13N3OS/c1-2-15-10-4-3-5-12-11(10)13-6-9-7-16-8-14-9/h3-5,7-8H,2,6H2,1H3,(H,12,13). The smallest absolute Gasteiger partial charge is 0.169 e. The zero-order valence-electron chi connectivity index (χ0n) is 9.01. The molecule has 0 amide bonds. The Morgan fingerprint density at radius 3 is 3.12 bits per heavy atom. The van der Waals surface area contributed by atoms with Crippen LogP contribution in [0.1, 0.15) is 12.6 Å². The molecule has 0 bridgehead atoms. The molecule has 0 radical (unpaired) electrons. The Labute approximate surface area is 98.3 Å². The lowest BCUT2D eigenvalue weighted by atomic mass is 10.4. The quantitative estimate of drug-likeness (QED) is 0.865. The third-order valence-electron chi connectivity index (χ3n) is 1.99. The Balaban J connectivity index is 2.03. The van der Waals surface area contributed by atoms with Crippen molar-refractivity contribution in [3.63, 3.8) is 0 Å². The number of aromatic nitrogens is 2. The van der Waals surface area contributed by atoms with Gasteiger partial charge in [-0.05, 0) is 19.1 Å². The maximum atomic E-state index is 5.46. The van der Waals surface area contributed by atoms with Crippen LogP contribution < -0.4 is 10.1 Å². The third kappa shape index (κ3) is 2.70. The number of hydrogen-bond donors (Lipinski definition) is 1. The monoisotopic (exact) mass is 235 g/mol. The van der Waals surface area contributed by atoms with Crippen LogP contribution in [-0.2, 0) is 6.54 Å². The van der Waals surface area contributed by atoms with Gasteiger partial charge in [-0.25, -0.2) is 9.97 Å². The SMILES string of the molecule is CCOc1cccnc1NCc1cscn1. The van der Waals surface area contributed by atoms with Gasteiger partial charge in [-0.15, -0.1) is 11.3 Å². The van der Waals surface area contributed by atoms with E-state index in [1.807, 2.05) is 29.9 Å². The van der Waals surface area contributed by atoms with Gasteiger partial charge in [0.05, 0.1) is 24.4 Å². The van der Waals surface area contributed by atoms with Gasteiger partial charge in [-0.2, -0.15) is 0 Å². The summed E-state index contributed by atoms with van der Waals surface area (Å²) in [6.45, 7) is 3.26. The van der Waals surface area contributed by atoms with Gasteiger partial charge in [-0.1, -0.05) is 0 Å². The average Bonchev–Trinajstić information content (AvgIpc) is 2.81. The molecule has 0 aliphatic rings. The lowest BCUT2D eigenvalue weighted by Crippen LogP contribution is -2.04. The van der Waals surface area contributed by atoms with Crippen molar-refractivity contribution in [1.82, 2.24) is 9.97 Å². The molecule has 2 heterocycles. The van der Waals surface area contributed by atoms with E-state index in [1.165, 1.54) is 0 Å². The fraction of sp³-hybridized carbons (Fsp3) is 0.273. The van der Waals surface area contributed by atoms with Crippen molar-refractivity contribution in [2.24, 2.45) is 0 Å². The van der Waals surface area contributed by atoms with Gasteiger partial charge in [0.2, 0.25) is 0 Å². The maximum Gasteiger partial charge on any atom is 0.169 e. The zero-order chi connectivity index (χ0) is 11.2. The summed E-state index contributed by atoms with van der Waals surface area (Å²) in [6, 6.07) is 3.76. The molecule has 84 valence electrons. The molecule has 0 fully saturated rings. The minimum atomic E-state index is 0.636. The van der Waals surface area contributed by atoms with Crippen LogP contribution in [0.5, 0.6) is 5.75 Å². The summed E-state index contributed by atoms with van der Waals surface area (Å²) in [5.74, 6) is 1.54. The first-order valence-electron chi connectivity index (χ1n) is 5.09. The number of nitrogens with zero attached hydrogens (tertiary/aromatic N) is 2. The molecule has 0 unspecified atom stereocenters. The Morgan fingerprint density at radius 1 is 1.44 bits per heavy atom. The average molecular weight is 235 g/mol. The van der Waals surface area contributed by atoms with Gasteiger partial charge in [0, 0.05) is 11.6 Å². The lowest BCUT2D eigenvalue weighted by Gasteiger charge is -2.09. The first-order valence-corrected chi connectivity index (χ1v) is 6.03. The summed E-state index contributed by atoms with van der Waals surface area (Å²) in [5.41, 5.74) is 2.83. The van der Waals surface area contributed by atoms with Gasteiger partial charge in [0.15, 0.2) is 11.6 Å². The highest BCUT2D eigenvalue weighted by molar-refractivity contribution is 7.07. The lowest BCUT2D eigenvalue weighted by molar-refractivity contribution is 0.340. The fourth-order valence-electron chi connectivity index (χ4n) is 1.29. The van der Waals surface area contributed by atoms with Gasteiger partial charge >= 0.3 is 0 Å². The van der Waals surface area contributed by atoms with Crippen molar-refractivity contribution in [2.45, 2.75) is 13.5 Å². The number of hydrogen-bond acceptors (Lipinski definition) is 5. The first kappa shape index (κ1) is 10.9. The van der Waals surface area contributed by atoms with E-state index in [0.29, 0.717) is 13.2 Å². The molecule has 4 nitrogen and oxygen atoms in total. The van der Waals surface area contributed by atoms with Gasteiger partial charge in [0.1, 0.15) is 0 Å². The van der Waals surface area contributed by atoms with Gasteiger partial charge in [-0.3, -0.25) is 0 Å². The molecule has 0 aliphatic heterocycles. The molecule has 5 heteroatoms. The Hall–Kier alpha value is -1.62. The summed E-state index contributed by atoms with van der Waals surface area (Å²) in [4.78, 5) is 8.43. The maximum absolute atomic E-state index is 5.46. The molecule has 0 aliphatic carbocycles. The normalized spacial score (nSPS) is 10.1. The van der Waals surface area contributed by atoms with E-state index in [4.69, 9.17) is 4.74 Å². The number of anilines is 1. The largest absolute Gasteiger partial charge is 0.490 e. The number of nitrogens with one attached hydrogen (secondary N) is 1. The predicted octanol–water partition coefficient (Wildman–Crippen LogP) is 2.55. The van der Waals surface area contributed by atoms with Crippen molar-refractivity contribution in [3.8, 4) is 5.75 Å². The van der Waals surface area contributed by atoms with Crippen LogP contribution in [0.2, 0.25) is 0 Å². The van der Waals surface area contributed by atoms with Gasteiger partial charge in [0.25, 0.3) is 0 Å². The van der Waals surface area contributed by atoms with E-state index in [0.717, 1.165) is 17.3 Å². The topological polar surface area (TPSA) is 47.0 Å². The Morgan fingerprint density at radius 2 is 2.38 bits per heavy atom. The second kappa shape index (κ2) is 5.46. The molecule has 2 rings (SSSR count). The van der Waals surface area contributed by atoms with E-state index in [1.54, 1.807) is 17.5 Å². The van der Waals surface area contributed by atoms with Crippen LogP contribution in [0.4, 0.5) is 5.82 Å². The third-order valence-corrected chi connectivity index (χ3v) is 2.63. The van der Waals surface area contributed by atoms with Crippen LogP contribution in [-0.4, -0.2) is 16.6 Å². The molecule has 0 saturated heterocycles. The molecule has 0 saturated carbocycles. The van der Waals surface area contributed by atoms with E-state index in [9.17, 15) is 0 Å². The highest BCUT2D eigenvalue weighted by Crippen LogP contribution is 2.21. The second-order valence-corrected chi connectivity index (χ2v) is 3.84. The van der Waals surface area contributed by atoms with Crippen molar-refractivity contribution >= 4 is 17.2 Å². The summed E-state index contributed by atoms with van der Waals surface area (Å²) in [5, 5.41) is 5.22. The molecule has 0 spiro atoms. The summed E-state index contributed by atoms with van der Waals surface area (Å²) >= 11 is 1.59. The Kier molecular flexibility index (Phi) is 3.71. The minimum absolute atomic E-state index is 0.636. The first-order chi connectivity index (χ1) is 7.90. The number of thiazole rings is 1. The van der Waals surface area contributed by atoms with Crippen molar-refractivity contribution in [3.05, 3.63) is 34.9 Å². The molecule has 2 aromatic heterocycles. The molecule has 16 heavy (non-hydrogen) atoms. The van der Waals surface area contributed by atoms with Crippen LogP contribution in [0.3, 0.4) is 0 Å². The molecule has 0 atom stereocenters. The Bertz CT molecular complexity index is 431. The highest BCUT2D eigenvalue weighted by atomic mass is 32.1. The zero-order valence-corrected chi connectivity index (χ0v) is 9.83. The molecule has 2 aromatic rings. The van der Waals surface area contributed by atoms with E-state index >= 15 is 0 Å². The highest BCUT2D eigenvalue weighted by Gasteiger charge is 2.03. The molecule has 0 aromatic carbocycles. The van der Waals surface area contributed by atoms with Crippen LogP contribution in [0, 0.1) is 0 Å². The van der Waals surface area contributed by atoms with Crippen molar-refractivity contribution in [1.29, 1.82) is 0 Å². The fourth-order valence-corrected chi connectivity index (χ4v) is 1.85. The van der Waals surface area contributed by atoms with Crippen molar-refractivity contribution in [2.75, 3.05) is 11.9 Å². The molecule has 1 N–H and O–H groups in total. The second-order valence-electron chi connectivity index (χ2n) is 3.12. The van der Waals surface area contributed by atoms with Crippen LogP contribution in [0.15, 0.2) is 29.2 Å². The summed E-state index contributed by atoms with van der Waals surface area (Å²) < 4.78 is 5.46. The summed E-state index contributed by atoms with van der Waals surface area (Å²) in [6.07, 6.45) is 1.74. The summed E-state index contributed by atoms with van der Waals surface area (Å²) in [7, 11) is 0. The van der Waals surface area contributed by atoms with Gasteiger partial charge < -0.3 is 10.1 Å². The predicted molar refractivity (Wildman–Crippen MR) is 64.8 cm³/mol. The molecular formula is C11H13N3OS. The number of rotatable bonds is 5. The minimum Gasteiger partial charge on any atom is -0.490 e. The van der Waals surface area contributed by atoms with E-state index in [2.05, 4.69) is 15.3 Å². The van der Waals surface area contributed by atoms with Crippen LogP contribution >= 0.6 is 11.3 Å². The van der Waals surface area contributed by atoms with Crippen molar-refractivity contribution < 1.29 is 4.74 Å².